The van der Waals surface area contributed by atoms with E-state index in [4.69, 9.17) is 5.26 Å². The quantitative estimate of drug-likeness (QED) is 0.435. The van der Waals surface area contributed by atoms with Gasteiger partial charge in [-0.2, -0.15) is 5.26 Å². The number of rotatable bonds is 6. The molecule has 0 aliphatic carbocycles. The summed E-state index contributed by atoms with van der Waals surface area (Å²) >= 11 is 0. The second-order valence-corrected chi connectivity index (χ2v) is 9.62. The Kier molecular flexibility index (Phi) is 5.94. The molecule has 0 N–H and O–H groups in total. The molecule has 8 nitrogen and oxygen atoms in total. The highest BCUT2D eigenvalue weighted by molar-refractivity contribution is 7.91. The highest BCUT2D eigenvalue weighted by Crippen LogP contribution is 2.24. The Bertz CT molecular complexity index is 1470. The fraction of sp³-hybridized carbons (Fsp3) is 0.167. The van der Waals surface area contributed by atoms with Crippen molar-refractivity contribution < 1.29 is 13.2 Å². The Morgan fingerprint density at radius 2 is 1.76 bits per heavy atom. The second-order valence-electron chi connectivity index (χ2n) is 7.51. The molecule has 0 saturated carbocycles. The Labute approximate surface area is 191 Å². The normalized spacial score (nSPS) is 11.3. The van der Waals surface area contributed by atoms with Crippen molar-refractivity contribution in [2.75, 3.05) is 17.7 Å². The van der Waals surface area contributed by atoms with Crippen molar-refractivity contribution in [1.29, 1.82) is 5.26 Å². The van der Waals surface area contributed by atoms with Crippen LogP contribution in [-0.4, -0.2) is 41.5 Å². The topological polar surface area (TPSA) is 108 Å². The van der Waals surface area contributed by atoms with Crippen molar-refractivity contribution in [3.8, 4) is 17.3 Å². The van der Waals surface area contributed by atoms with Gasteiger partial charge in [0.2, 0.25) is 0 Å². The minimum absolute atomic E-state index is 0.103. The number of nitriles is 1. The number of hydrogen-bond donors (Lipinski definition) is 0. The van der Waals surface area contributed by atoms with E-state index in [1.165, 1.54) is 11.1 Å². The summed E-state index contributed by atoms with van der Waals surface area (Å²) in [4.78, 5) is 23.4. The molecule has 166 valence electrons. The number of fused-ring (bicyclic) bond motifs is 1. The van der Waals surface area contributed by atoms with Crippen LogP contribution in [0, 0.1) is 11.3 Å². The molecular weight excluding hydrogens is 438 g/mol. The fourth-order valence-corrected chi connectivity index (χ4v) is 4.81. The number of benzene rings is 2. The average molecular weight is 460 g/mol. The van der Waals surface area contributed by atoms with Crippen LogP contribution in [0.25, 0.3) is 16.9 Å². The SMILES string of the molecule is CCCS(=O)(=O)c1ccc(-c2cnc3cnc(C(=O)N(C)c4ccc(C#N)cc4)cn23)cc1. The number of carbonyl (C=O) groups excluding carboxylic acids is 1. The number of carbonyl (C=O) groups is 1. The van der Waals surface area contributed by atoms with E-state index in [0.717, 1.165) is 5.56 Å². The minimum Gasteiger partial charge on any atom is -0.310 e. The van der Waals surface area contributed by atoms with Gasteiger partial charge in [0.05, 0.1) is 40.4 Å². The first-order valence-corrected chi connectivity index (χ1v) is 11.9. The molecular formula is C24H21N5O3S. The summed E-state index contributed by atoms with van der Waals surface area (Å²) in [5, 5.41) is 8.95. The smallest absolute Gasteiger partial charge is 0.278 e. The van der Waals surface area contributed by atoms with E-state index in [1.54, 1.807) is 72.4 Å². The maximum absolute atomic E-state index is 13.0. The predicted octanol–water partition coefficient (Wildman–Crippen LogP) is 3.73. The van der Waals surface area contributed by atoms with Crippen molar-refractivity contribution in [3.05, 3.63) is 78.4 Å². The van der Waals surface area contributed by atoms with E-state index >= 15 is 0 Å². The van der Waals surface area contributed by atoms with Crippen LogP contribution in [-0.2, 0) is 9.84 Å². The van der Waals surface area contributed by atoms with Gasteiger partial charge in [-0.25, -0.2) is 18.4 Å². The summed E-state index contributed by atoms with van der Waals surface area (Å²) < 4.78 is 26.3. The summed E-state index contributed by atoms with van der Waals surface area (Å²) in [6, 6.07) is 15.4. The predicted molar refractivity (Wildman–Crippen MR) is 125 cm³/mol. The van der Waals surface area contributed by atoms with Crippen LogP contribution >= 0.6 is 0 Å². The molecule has 0 bridgehead atoms. The summed E-state index contributed by atoms with van der Waals surface area (Å²) in [5.41, 5.74) is 3.40. The van der Waals surface area contributed by atoms with Crippen LogP contribution < -0.4 is 4.90 Å². The van der Waals surface area contributed by atoms with Gasteiger partial charge >= 0.3 is 0 Å². The van der Waals surface area contributed by atoms with E-state index in [-0.39, 0.29) is 22.2 Å². The van der Waals surface area contributed by atoms with Gasteiger partial charge in [0.25, 0.3) is 5.91 Å². The van der Waals surface area contributed by atoms with E-state index in [1.807, 2.05) is 6.92 Å². The van der Waals surface area contributed by atoms with Crippen molar-refractivity contribution in [2.45, 2.75) is 18.2 Å². The molecule has 2 aromatic carbocycles. The molecule has 0 fully saturated rings. The lowest BCUT2D eigenvalue weighted by atomic mass is 10.2. The highest BCUT2D eigenvalue weighted by atomic mass is 32.2. The van der Waals surface area contributed by atoms with Crippen molar-refractivity contribution >= 4 is 27.1 Å². The van der Waals surface area contributed by atoms with E-state index in [9.17, 15) is 13.2 Å². The van der Waals surface area contributed by atoms with Gasteiger partial charge in [-0.3, -0.25) is 9.20 Å². The zero-order chi connectivity index (χ0) is 23.6. The molecule has 0 unspecified atom stereocenters. The summed E-state index contributed by atoms with van der Waals surface area (Å²) in [6.45, 7) is 1.83. The van der Waals surface area contributed by atoms with Gasteiger partial charge in [-0.15, -0.1) is 0 Å². The Morgan fingerprint density at radius 1 is 1.06 bits per heavy atom. The van der Waals surface area contributed by atoms with Crippen molar-refractivity contribution in [2.24, 2.45) is 0 Å². The molecule has 0 radical (unpaired) electrons. The molecule has 0 saturated heterocycles. The Hall–Kier alpha value is -4.03. The zero-order valence-electron chi connectivity index (χ0n) is 18.1. The number of imidazole rings is 1. The third-order valence-electron chi connectivity index (χ3n) is 5.29. The number of hydrogen-bond acceptors (Lipinski definition) is 6. The number of amides is 1. The Balaban J connectivity index is 1.66. The van der Waals surface area contributed by atoms with Crippen LogP contribution in [0.5, 0.6) is 0 Å². The van der Waals surface area contributed by atoms with Crippen LogP contribution in [0.3, 0.4) is 0 Å². The largest absolute Gasteiger partial charge is 0.310 e. The molecule has 0 spiro atoms. The molecule has 2 heterocycles. The molecule has 9 heteroatoms. The minimum atomic E-state index is -3.30. The number of nitrogens with zero attached hydrogens (tertiary/aromatic N) is 5. The van der Waals surface area contributed by atoms with Crippen LogP contribution in [0.4, 0.5) is 5.69 Å². The van der Waals surface area contributed by atoms with Gasteiger partial charge in [-0.05, 0) is 42.8 Å². The first-order valence-electron chi connectivity index (χ1n) is 10.3. The van der Waals surface area contributed by atoms with Crippen molar-refractivity contribution in [3.63, 3.8) is 0 Å². The molecule has 2 aromatic heterocycles. The molecule has 1 amide bonds. The monoisotopic (exact) mass is 459 g/mol. The van der Waals surface area contributed by atoms with E-state index < -0.39 is 9.84 Å². The average Bonchev–Trinajstić information content (AvgIpc) is 3.26. The molecule has 0 aliphatic heterocycles. The van der Waals surface area contributed by atoms with E-state index in [2.05, 4.69) is 16.0 Å². The third-order valence-corrected chi connectivity index (χ3v) is 7.22. The van der Waals surface area contributed by atoms with Crippen LogP contribution in [0.1, 0.15) is 29.4 Å². The maximum atomic E-state index is 13.0. The van der Waals surface area contributed by atoms with Gasteiger partial charge in [0.1, 0.15) is 5.69 Å². The summed E-state index contributed by atoms with van der Waals surface area (Å²) in [5.74, 6) is -0.214. The molecule has 0 aliphatic rings. The summed E-state index contributed by atoms with van der Waals surface area (Å²) in [6.07, 6.45) is 5.34. The Morgan fingerprint density at radius 3 is 2.39 bits per heavy atom. The lowest BCUT2D eigenvalue weighted by Gasteiger charge is -2.17. The van der Waals surface area contributed by atoms with Gasteiger partial charge in [0, 0.05) is 24.5 Å². The third kappa shape index (κ3) is 4.33. The number of anilines is 1. The fourth-order valence-electron chi connectivity index (χ4n) is 3.48. The van der Waals surface area contributed by atoms with E-state index in [0.29, 0.717) is 29.0 Å². The number of sulfone groups is 1. The van der Waals surface area contributed by atoms with Gasteiger partial charge in [0.15, 0.2) is 15.5 Å². The van der Waals surface area contributed by atoms with Gasteiger partial charge < -0.3 is 4.90 Å². The lowest BCUT2D eigenvalue weighted by molar-refractivity contribution is 0.0988. The molecule has 33 heavy (non-hydrogen) atoms. The number of aromatic nitrogens is 3. The van der Waals surface area contributed by atoms with Crippen LogP contribution in [0.15, 0.2) is 72.0 Å². The second kappa shape index (κ2) is 8.84. The standard InChI is InChI=1S/C24H21N5O3S/c1-3-12-33(31,32)20-10-6-18(7-11-20)22-14-27-23-15-26-21(16-29(22)23)24(30)28(2)19-8-4-17(13-25)5-9-19/h4-11,14-16H,3,12H2,1-2H3. The van der Waals surface area contributed by atoms with Crippen LogP contribution in [0.2, 0.25) is 0 Å². The molecule has 0 atom stereocenters. The maximum Gasteiger partial charge on any atom is 0.278 e. The molecule has 4 aromatic rings. The summed E-state index contributed by atoms with van der Waals surface area (Å²) in [7, 11) is -1.66. The lowest BCUT2D eigenvalue weighted by Crippen LogP contribution is -2.27. The first-order chi connectivity index (χ1) is 15.8. The first kappa shape index (κ1) is 22.2. The van der Waals surface area contributed by atoms with Gasteiger partial charge in [-0.1, -0.05) is 19.1 Å². The zero-order valence-corrected chi connectivity index (χ0v) is 19.0. The molecule has 4 rings (SSSR count). The van der Waals surface area contributed by atoms with Crippen molar-refractivity contribution in [1.82, 2.24) is 14.4 Å². The highest BCUT2D eigenvalue weighted by Gasteiger charge is 2.18.